The van der Waals surface area contributed by atoms with Gasteiger partial charge in [0.2, 0.25) is 0 Å². The summed E-state index contributed by atoms with van der Waals surface area (Å²) in [6.07, 6.45) is 5.24. The Morgan fingerprint density at radius 3 is 3.11 bits per heavy atom. The Balaban J connectivity index is 1.70. The Morgan fingerprint density at radius 2 is 2.22 bits per heavy atom. The molecule has 2 aliphatic heterocycles. The molecule has 0 radical (unpaired) electrons. The van der Waals surface area contributed by atoms with Crippen LogP contribution in [0.4, 0.5) is 5.69 Å². The van der Waals surface area contributed by atoms with E-state index in [-0.39, 0.29) is 0 Å². The van der Waals surface area contributed by atoms with Crippen molar-refractivity contribution >= 4 is 5.69 Å². The van der Waals surface area contributed by atoms with E-state index in [2.05, 4.69) is 41.4 Å². The van der Waals surface area contributed by atoms with Crippen molar-refractivity contribution in [1.29, 1.82) is 0 Å². The molecule has 2 nitrogen and oxygen atoms in total. The topological polar surface area (TPSA) is 15.3 Å². The summed E-state index contributed by atoms with van der Waals surface area (Å²) >= 11 is 0. The van der Waals surface area contributed by atoms with Crippen LogP contribution in [0.15, 0.2) is 24.3 Å². The van der Waals surface area contributed by atoms with E-state index in [0.29, 0.717) is 6.04 Å². The number of anilines is 1. The molecule has 2 heteroatoms. The second kappa shape index (κ2) is 5.31. The lowest BCUT2D eigenvalue weighted by atomic mass is 9.91. The lowest BCUT2D eigenvalue weighted by Crippen LogP contribution is -2.41. The summed E-state index contributed by atoms with van der Waals surface area (Å²) in [6.45, 7) is 6.01. The molecular formula is C16H24N2. The molecule has 3 rings (SSSR count). The van der Waals surface area contributed by atoms with Gasteiger partial charge in [0.05, 0.1) is 0 Å². The van der Waals surface area contributed by atoms with Crippen molar-refractivity contribution in [2.45, 2.75) is 38.6 Å². The molecule has 0 aromatic heterocycles. The maximum atomic E-state index is 3.55. The Hall–Kier alpha value is -1.02. The van der Waals surface area contributed by atoms with Crippen LogP contribution in [0.2, 0.25) is 0 Å². The van der Waals surface area contributed by atoms with Crippen LogP contribution in [0, 0.1) is 5.92 Å². The standard InChI is InChI=1S/C16H24N2/c1-13-11-14(8-9-17-13)12-18-10-4-6-15-5-2-3-7-16(15)18/h2-3,5,7,13-14,17H,4,6,8-12H2,1H3. The van der Waals surface area contributed by atoms with Crippen LogP contribution in [-0.4, -0.2) is 25.7 Å². The quantitative estimate of drug-likeness (QED) is 0.860. The van der Waals surface area contributed by atoms with Gasteiger partial charge in [-0.2, -0.15) is 0 Å². The molecule has 0 spiro atoms. The number of hydrogen-bond acceptors (Lipinski definition) is 2. The largest absolute Gasteiger partial charge is 0.371 e. The monoisotopic (exact) mass is 244 g/mol. The van der Waals surface area contributed by atoms with Crippen LogP contribution in [-0.2, 0) is 6.42 Å². The van der Waals surface area contributed by atoms with Gasteiger partial charge in [0, 0.05) is 24.8 Å². The zero-order valence-corrected chi connectivity index (χ0v) is 11.4. The molecule has 2 aliphatic rings. The van der Waals surface area contributed by atoms with E-state index < -0.39 is 0 Å². The first kappa shape index (κ1) is 12.0. The third kappa shape index (κ3) is 2.54. The van der Waals surface area contributed by atoms with E-state index in [1.165, 1.54) is 51.0 Å². The molecule has 0 bridgehead atoms. The fourth-order valence-corrected chi connectivity index (χ4v) is 3.51. The second-order valence-corrected chi connectivity index (χ2v) is 5.92. The normalized spacial score (nSPS) is 27.9. The van der Waals surface area contributed by atoms with Crippen molar-refractivity contribution < 1.29 is 0 Å². The van der Waals surface area contributed by atoms with Crippen molar-refractivity contribution in [3.05, 3.63) is 29.8 Å². The van der Waals surface area contributed by atoms with Crippen LogP contribution in [0.3, 0.4) is 0 Å². The van der Waals surface area contributed by atoms with E-state index in [1.54, 1.807) is 5.56 Å². The highest BCUT2D eigenvalue weighted by atomic mass is 15.1. The fraction of sp³-hybridized carbons (Fsp3) is 0.625. The summed E-state index contributed by atoms with van der Waals surface area (Å²) in [6, 6.07) is 9.66. The molecular weight excluding hydrogens is 220 g/mol. The third-order valence-corrected chi connectivity index (χ3v) is 4.42. The van der Waals surface area contributed by atoms with Gasteiger partial charge in [-0.15, -0.1) is 0 Å². The van der Waals surface area contributed by atoms with Crippen molar-refractivity contribution in [2.24, 2.45) is 5.92 Å². The number of rotatable bonds is 2. The number of benzene rings is 1. The van der Waals surface area contributed by atoms with Gasteiger partial charge >= 0.3 is 0 Å². The highest BCUT2D eigenvalue weighted by Gasteiger charge is 2.23. The highest BCUT2D eigenvalue weighted by molar-refractivity contribution is 5.55. The van der Waals surface area contributed by atoms with Crippen molar-refractivity contribution in [3.8, 4) is 0 Å². The summed E-state index contributed by atoms with van der Waals surface area (Å²) in [4.78, 5) is 2.63. The minimum absolute atomic E-state index is 0.698. The number of fused-ring (bicyclic) bond motifs is 1. The average molecular weight is 244 g/mol. The Bertz CT molecular complexity index is 402. The maximum Gasteiger partial charge on any atom is 0.0398 e. The molecule has 0 saturated carbocycles. The number of hydrogen-bond donors (Lipinski definition) is 1. The van der Waals surface area contributed by atoms with Crippen LogP contribution < -0.4 is 10.2 Å². The third-order valence-electron chi connectivity index (χ3n) is 4.42. The van der Waals surface area contributed by atoms with Crippen LogP contribution >= 0.6 is 0 Å². The molecule has 1 saturated heterocycles. The van der Waals surface area contributed by atoms with Gasteiger partial charge in [0.15, 0.2) is 0 Å². The first-order chi connectivity index (χ1) is 8.83. The van der Waals surface area contributed by atoms with Gasteiger partial charge < -0.3 is 10.2 Å². The highest BCUT2D eigenvalue weighted by Crippen LogP contribution is 2.29. The lowest BCUT2D eigenvalue weighted by molar-refractivity contribution is 0.315. The van der Waals surface area contributed by atoms with Crippen LogP contribution in [0.5, 0.6) is 0 Å². The molecule has 2 atom stereocenters. The number of nitrogens with one attached hydrogen (secondary N) is 1. The van der Waals surface area contributed by atoms with Gasteiger partial charge in [-0.05, 0) is 56.7 Å². The Kier molecular flexibility index (Phi) is 3.55. The van der Waals surface area contributed by atoms with Gasteiger partial charge in [0.1, 0.15) is 0 Å². The molecule has 1 aromatic carbocycles. The fourth-order valence-electron chi connectivity index (χ4n) is 3.51. The van der Waals surface area contributed by atoms with Crippen molar-refractivity contribution in [3.63, 3.8) is 0 Å². The SMILES string of the molecule is CC1CC(CN2CCCc3ccccc32)CCN1. The van der Waals surface area contributed by atoms with E-state index >= 15 is 0 Å². The van der Waals surface area contributed by atoms with Gasteiger partial charge in [0.25, 0.3) is 0 Å². The summed E-state index contributed by atoms with van der Waals surface area (Å²) in [5.41, 5.74) is 3.04. The number of aryl methyl sites for hydroxylation is 1. The first-order valence-corrected chi connectivity index (χ1v) is 7.39. The molecule has 1 fully saturated rings. The molecule has 0 amide bonds. The van der Waals surface area contributed by atoms with Crippen LogP contribution in [0.25, 0.3) is 0 Å². The second-order valence-electron chi connectivity index (χ2n) is 5.92. The molecule has 1 aromatic rings. The van der Waals surface area contributed by atoms with E-state index in [9.17, 15) is 0 Å². The predicted octanol–water partition coefficient (Wildman–Crippen LogP) is 2.83. The van der Waals surface area contributed by atoms with Gasteiger partial charge in [-0.25, -0.2) is 0 Å². The Morgan fingerprint density at radius 1 is 1.33 bits per heavy atom. The minimum atomic E-state index is 0.698. The summed E-state index contributed by atoms with van der Waals surface area (Å²) < 4.78 is 0. The molecule has 1 N–H and O–H groups in total. The van der Waals surface area contributed by atoms with E-state index in [4.69, 9.17) is 0 Å². The number of para-hydroxylation sites is 1. The molecule has 98 valence electrons. The van der Waals surface area contributed by atoms with Gasteiger partial charge in [-0.1, -0.05) is 18.2 Å². The lowest BCUT2D eigenvalue weighted by Gasteiger charge is -2.37. The van der Waals surface area contributed by atoms with E-state index in [0.717, 1.165) is 5.92 Å². The van der Waals surface area contributed by atoms with Crippen molar-refractivity contribution in [1.82, 2.24) is 5.32 Å². The van der Waals surface area contributed by atoms with Crippen molar-refractivity contribution in [2.75, 3.05) is 24.5 Å². The summed E-state index contributed by atoms with van der Waals surface area (Å²) in [5.74, 6) is 0.868. The van der Waals surface area contributed by atoms with E-state index in [1.807, 2.05) is 0 Å². The Labute approximate surface area is 110 Å². The summed E-state index contributed by atoms with van der Waals surface area (Å²) in [5, 5.41) is 3.55. The average Bonchev–Trinajstić information content (AvgIpc) is 2.39. The first-order valence-electron chi connectivity index (χ1n) is 7.39. The maximum absolute atomic E-state index is 3.55. The van der Waals surface area contributed by atoms with Crippen LogP contribution in [0.1, 0.15) is 31.7 Å². The zero-order valence-electron chi connectivity index (χ0n) is 11.4. The number of nitrogens with zero attached hydrogens (tertiary/aromatic N) is 1. The smallest absolute Gasteiger partial charge is 0.0398 e. The molecule has 0 aliphatic carbocycles. The summed E-state index contributed by atoms with van der Waals surface area (Å²) in [7, 11) is 0. The molecule has 18 heavy (non-hydrogen) atoms. The number of piperidine rings is 1. The minimum Gasteiger partial charge on any atom is -0.371 e. The zero-order chi connectivity index (χ0) is 12.4. The molecule has 2 heterocycles. The van der Waals surface area contributed by atoms with Gasteiger partial charge in [-0.3, -0.25) is 0 Å². The predicted molar refractivity (Wildman–Crippen MR) is 77.2 cm³/mol. The molecule has 2 unspecified atom stereocenters.